The number of benzene rings is 2. The number of rotatable bonds is 9. The summed E-state index contributed by atoms with van der Waals surface area (Å²) in [7, 11) is 0. The van der Waals surface area contributed by atoms with E-state index in [0.717, 1.165) is 30.6 Å². The third-order valence-corrected chi connectivity index (χ3v) is 7.26. The summed E-state index contributed by atoms with van der Waals surface area (Å²) in [6.45, 7) is 9.66. The van der Waals surface area contributed by atoms with Crippen LogP contribution in [-0.4, -0.2) is 41.4 Å². The van der Waals surface area contributed by atoms with E-state index in [0.29, 0.717) is 55.8 Å². The molecule has 1 aliphatic heterocycles. The van der Waals surface area contributed by atoms with Gasteiger partial charge in [0.2, 0.25) is 11.6 Å². The highest BCUT2D eigenvalue weighted by Crippen LogP contribution is 2.45. The average Bonchev–Trinajstić information content (AvgIpc) is 3.39. The van der Waals surface area contributed by atoms with Crippen LogP contribution >= 0.6 is 23.4 Å². The zero-order valence-electron chi connectivity index (χ0n) is 20.2. The lowest BCUT2D eigenvalue weighted by Crippen LogP contribution is -2.37. The second-order valence-electron chi connectivity index (χ2n) is 8.44. The van der Waals surface area contributed by atoms with Gasteiger partial charge in [-0.3, -0.25) is 0 Å². The van der Waals surface area contributed by atoms with Crippen LogP contribution in [0.15, 0.2) is 64.2 Å². The fourth-order valence-electron chi connectivity index (χ4n) is 4.01. The second kappa shape index (κ2) is 11.6. The molecule has 4 aromatic rings. The van der Waals surface area contributed by atoms with Gasteiger partial charge in [0.25, 0.3) is 0 Å². The van der Waals surface area contributed by atoms with E-state index in [1.54, 1.807) is 30.5 Å². The molecular formula is C28H22ClN5O3S. The van der Waals surface area contributed by atoms with Gasteiger partial charge in [-0.1, -0.05) is 35.5 Å². The molecule has 2 aromatic carbocycles. The fraction of sp³-hybridized carbons (Fsp3) is 0.214. The summed E-state index contributed by atoms with van der Waals surface area (Å²) in [6.07, 6.45) is 2.62. The molecule has 1 N–H and O–H groups in total. The molecule has 8 nitrogen and oxygen atoms in total. The van der Waals surface area contributed by atoms with E-state index in [1.807, 2.05) is 24.3 Å². The van der Waals surface area contributed by atoms with Crippen molar-refractivity contribution in [3.8, 4) is 34.4 Å². The number of anilines is 1. The van der Waals surface area contributed by atoms with E-state index in [2.05, 4.69) is 20.8 Å². The summed E-state index contributed by atoms with van der Waals surface area (Å²) in [4.78, 5) is 15.3. The van der Waals surface area contributed by atoms with Gasteiger partial charge in [0.1, 0.15) is 35.5 Å². The van der Waals surface area contributed by atoms with Crippen molar-refractivity contribution in [1.82, 2.24) is 9.97 Å². The Morgan fingerprint density at radius 1 is 1.13 bits per heavy atom. The Kier molecular flexibility index (Phi) is 7.81. The first kappa shape index (κ1) is 25.6. The van der Waals surface area contributed by atoms with Crippen LogP contribution in [0.2, 0.25) is 5.02 Å². The second-order valence-corrected chi connectivity index (χ2v) is 9.84. The summed E-state index contributed by atoms with van der Waals surface area (Å²) >= 11 is 7.37. The van der Waals surface area contributed by atoms with Crippen LogP contribution in [0.1, 0.15) is 17.7 Å². The summed E-state index contributed by atoms with van der Waals surface area (Å²) in [5.74, 6) is 2.10. The molecule has 2 aromatic heterocycles. The van der Waals surface area contributed by atoms with E-state index in [4.69, 9.17) is 37.4 Å². The Labute approximate surface area is 229 Å². The van der Waals surface area contributed by atoms with Gasteiger partial charge in [0.05, 0.1) is 24.4 Å². The van der Waals surface area contributed by atoms with Crippen LogP contribution in [0.4, 0.5) is 11.5 Å². The Morgan fingerprint density at radius 3 is 2.50 bits per heavy atom. The molecular weight excluding hydrogens is 522 g/mol. The van der Waals surface area contributed by atoms with Gasteiger partial charge in [-0.05, 0) is 48.4 Å². The molecule has 0 spiro atoms. The van der Waals surface area contributed by atoms with Gasteiger partial charge in [-0.2, -0.15) is 5.26 Å². The van der Waals surface area contributed by atoms with Crippen LogP contribution in [0, 0.1) is 17.9 Å². The van der Waals surface area contributed by atoms with Crippen molar-refractivity contribution in [3.05, 3.63) is 82.5 Å². The highest BCUT2D eigenvalue weighted by Gasteiger charge is 2.27. The maximum absolute atomic E-state index is 10.2. The lowest BCUT2D eigenvalue weighted by atomic mass is 9.99. The Morgan fingerprint density at radius 2 is 1.87 bits per heavy atom. The number of nitrogens with zero attached hydrogens (tertiary/aromatic N) is 5. The van der Waals surface area contributed by atoms with Gasteiger partial charge in [-0.15, -0.1) is 0 Å². The van der Waals surface area contributed by atoms with E-state index < -0.39 is 0 Å². The molecule has 38 heavy (non-hydrogen) atoms. The molecule has 190 valence electrons. The number of nitriles is 1. The lowest BCUT2D eigenvalue weighted by molar-refractivity contribution is 0.201. The number of aromatic nitrogens is 2. The van der Waals surface area contributed by atoms with Gasteiger partial charge in [-0.25, -0.2) is 14.8 Å². The minimum absolute atomic E-state index is 0.0843. The largest absolute Gasteiger partial charge is 0.491 e. The van der Waals surface area contributed by atoms with Gasteiger partial charge in [0.15, 0.2) is 0 Å². The first-order chi connectivity index (χ1) is 18.6. The van der Waals surface area contributed by atoms with E-state index in [1.165, 1.54) is 11.8 Å². The minimum Gasteiger partial charge on any atom is -0.491 e. The zero-order valence-corrected chi connectivity index (χ0v) is 21.8. The summed E-state index contributed by atoms with van der Waals surface area (Å²) in [5, 5.41) is 20.4. The highest BCUT2D eigenvalue weighted by atomic mass is 35.5. The van der Waals surface area contributed by atoms with Crippen molar-refractivity contribution in [2.24, 2.45) is 0 Å². The van der Waals surface area contributed by atoms with Crippen molar-refractivity contribution in [2.75, 3.05) is 31.2 Å². The van der Waals surface area contributed by atoms with Crippen molar-refractivity contribution in [2.45, 2.75) is 17.2 Å². The first-order valence-corrected chi connectivity index (χ1v) is 13.3. The van der Waals surface area contributed by atoms with E-state index >= 15 is 0 Å². The van der Waals surface area contributed by atoms with Gasteiger partial charge >= 0.3 is 0 Å². The van der Waals surface area contributed by atoms with Crippen molar-refractivity contribution >= 4 is 34.9 Å². The SMILES string of the molecule is [C-]#[N+]c1c(N2CCC2)nc(SCc2coc(-c3ccc(Cl)cc3)n2)c(C#N)c1-c1ccc(OCCO)cc1. The number of pyridine rings is 1. The maximum Gasteiger partial charge on any atom is 0.237 e. The fourth-order valence-corrected chi connectivity index (χ4v) is 4.99. The van der Waals surface area contributed by atoms with E-state index in [9.17, 15) is 5.26 Å². The monoisotopic (exact) mass is 543 g/mol. The molecule has 0 radical (unpaired) electrons. The number of hydrogen-bond acceptors (Lipinski definition) is 8. The van der Waals surface area contributed by atoms with Crippen LogP contribution < -0.4 is 9.64 Å². The van der Waals surface area contributed by atoms with Crippen LogP contribution in [-0.2, 0) is 5.75 Å². The molecule has 0 amide bonds. The Bertz CT molecular complexity index is 1520. The molecule has 0 saturated carbocycles. The predicted octanol–water partition coefficient (Wildman–Crippen LogP) is 6.35. The smallest absolute Gasteiger partial charge is 0.237 e. The summed E-state index contributed by atoms with van der Waals surface area (Å²) in [5.41, 5.74) is 3.50. The molecule has 1 fully saturated rings. The van der Waals surface area contributed by atoms with Crippen LogP contribution in [0.25, 0.3) is 27.4 Å². The number of aliphatic hydroxyl groups excluding tert-OH is 1. The topological polar surface area (TPSA) is 99.8 Å². The molecule has 0 unspecified atom stereocenters. The Hall–Kier alpha value is -4.02. The number of aliphatic hydroxyl groups is 1. The van der Waals surface area contributed by atoms with Crippen LogP contribution in [0.3, 0.4) is 0 Å². The number of halogens is 1. The van der Waals surface area contributed by atoms with Crippen molar-refractivity contribution in [3.63, 3.8) is 0 Å². The molecule has 1 saturated heterocycles. The molecule has 0 atom stereocenters. The summed E-state index contributed by atoms with van der Waals surface area (Å²) in [6, 6.07) is 16.7. The molecule has 0 aliphatic carbocycles. The predicted molar refractivity (Wildman–Crippen MR) is 147 cm³/mol. The van der Waals surface area contributed by atoms with Crippen LogP contribution in [0.5, 0.6) is 5.75 Å². The minimum atomic E-state index is -0.0843. The molecule has 0 bridgehead atoms. The third-order valence-electron chi connectivity index (χ3n) is 6.00. The maximum atomic E-state index is 10.2. The molecule has 5 rings (SSSR count). The lowest BCUT2D eigenvalue weighted by Gasteiger charge is -2.34. The number of ether oxygens (including phenoxy) is 1. The quantitative estimate of drug-likeness (QED) is 0.192. The number of hydrogen-bond donors (Lipinski definition) is 1. The number of thioether (sulfide) groups is 1. The molecule has 3 heterocycles. The van der Waals surface area contributed by atoms with Gasteiger partial charge < -0.3 is 19.2 Å². The zero-order chi connectivity index (χ0) is 26.5. The molecule has 10 heteroatoms. The van der Waals surface area contributed by atoms with Crippen molar-refractivity contribution < 1.29 is 14.3 Å². The standard InChI is InChI=1S/C28H22ClN5O3S/c1-31-25-24(18-5-9-22(10-6-18)36-14-13-35)23(15-30)28(33-26(25)34-11-2-12-34)38-17-21-16-37-27(32-21)19-3-7-20(29)8-4-19/h3-10,16,35H,2,11-14,17H2. The van der Waals surface area contributed by atoms with E-state index in [-0.39, 0.29) is 13.2 Å². The Balaban J connectivity index is 1.49. The van der Waals surface area contributed by atoms with Gasteiger partial charge in [0, 0.05) is 35.0 Å². The summed E-state index contributed by atoms with van der Waals surface area (Å²) < 4.78 is 11.1. The van der Waals surface area contributed by atoms with Crippen molar-refractivity contribution in [1.29, 1.82) is 5.26 Å². The highest BCUT2D eigenvalue weighted by molar-refractivity contribution is 7.98. The molecule has 1 aliphatic rings. The average molecular weight is 544 g/mol. The normalized spacial score (nSPS) is 12.5. The number of oxazole rings is 1. The third kappa shape index (κ3) is 5.32. The first-order valence-electron chi connectivity index (χ1n) is 11.9.